The number of hydrogen-bond donors (Lipinski definition) is 1. The molecule has 2 aliphatic heterocycles. The summed E-state index contributed by atoms with van der Waals surface area (Å²) in [5, 5.41) is 3.58. The molecule has 1 spiro atoms. The minimum atomic E-state index is 0.00219. The molecule has 2 heterocycles. The van der Waals surface area contributed by atoms with E-state index in [9.17, 15) is 4.79 Å². The van der Waals surface area contributed by atoms with Crippen molar-refractivity contribution < 1.29 is 4.79 Å². The number of likely N-dealkylation sites (tertiary alicyclic amines) is 1. The molecule has 1 amide bonds. The van der Waals surface area contributed by atoms with Gasteiger partial charge in [0, 0.05) is 31.6 Å². The van der Waals surface area contributed by atoms with Gasteiger partial charge in [0.1, 0.15) is 0 Å². The van der Waals surface area contributed by atoms with Crippen molar-refractivity contribution in [3.8, 4) is 0 Å². The van der Waals surface area contributed by atoms with E-state index < -0.39 is 0 Å². The van der Waals surface area contributed by atoms with Gasteiger partial charge in [-0.15, -0.1) is 0 Å². The highest BCUT2D eigenvalue weighted by molar-refractivity contribution is 5.82. The highest BCUT2D eigenvalue weighted by atomic mass is 16.2. The van der Waals surface area contributed by atoms with Crippen LogP contribution in [0.15, 0.2) is 54.6 Å². The van der Waals surface area contributed by atoms with E-state index in [2.05, 4.69) is 64.8 Å². The zero-order valence-corrected chi connectivity index (χ0v) is 16.6. The monoisotopic (exact) mass is 374 g/mol. The summed E-state index contributed by atoms with van der Waals surface area (Å²) in [6, 6.07) is 19.6. The van der Waals surface area contributed by atoms with Crippen LogP contribution in [0, 0.1) is 5.92 Å². The van der Waals surface area contributed by atoms with Crippen LogP contribution in [0.5, 0.6) is 0 Å². The third-order valence-electron chi connectivity index (χ3n) is 7.45. The number of carbonyl (C=O) groups is 1. The molecule has 2 aromatic rings. The lowest BCUT2D eigenvalue weighted by molar-refractivity contribution is -0.138. The number of piperidine rings is 1. The topological polar surface area (TPSA) is 32.3 Å². The molecule has 3 heteroatoms. The Hall–Kier alpha value is -2.13. The fraction of sp³-hybridized carbons (Fsp3) is 0.480. The molecule has 3 nitrogen and oxygen atoms in total. The summed E-state index contributed by atoms with van der Waals surface area (Å²) < 4.78 is 0. The van der Waals surface area contributed by atoms with Crippen molar-refractivity contribution in [3.05, 3.63) is 71.3 Å². The quantitative estimate of drug-likeness (QED) is 0.865. The molecule has 1 N–H and O–H groups in total. The maximum Gasteiger partial charge on any atom is 0.227 e. The number of nitrogens with zero attached hydrogens (tertiary/aromatic N) is 1. The normalized spacial score (nSPS) is 27.7. The third-order valence-corrected chi connectivity index (χ3v) is 7.45. The van der Waals surface area contributed by atoms with Gasteiger partial charge in [-0.25, -0.2) is 0 Å². The number of hydrogen-bond acceptors (Lipinski definition) is 2. The van der Waals surface area contributed by atoms with Gasteiger partial charge >= 0.3 is 0 Å². The van der Waals surface area contributed by atoms with Crippen molar-refractivity contribution in [2.45, 2.75) is 43.4 Å². The van der Waals surface area contributed by atoms with Crippen molar-refractivity contribution in [1.82, 2.24) is 10.2 Å². The summed E-state index contributed by atoms with van der Waals surface area (Å²) in [7, 11) is 0. The van der Waals surface area contributed by atoms with Crippen LogP contribution in [0.4, 0.5) is 0 Å². The third kappa shape index (κ3) is 2.97. The van der Waals surface area contributed by atoms with Crippen LogP contribution in [0.2, 0.25) is 0 Å². The SMILES string of the molecule is O=C([C@@H]1CNC[C@]12CCCc1ccccc12)N1CCC(c2ccccc2)CC1. The lowest BCUT2D eigenvalue weighted by Crippen LogP contribution is -2.49. The van der Waals surface area contributed by atoms with Crippen LogP contribution in [0.3, 0.4) is 0 Å². The number of nitrogens with one attached hydrogen (secondary N) is 1. The second-order valence-electron chi connectivity index (χ2n) is 8.86. The highest BCUT2D eigenvalue weighted by Crippen LogP contribution is 2.46. The van der Waals surface area contributed by atoms with Crippen LogP contribution in [-0.4, -0.2) is 37.0 Å². The Kier molecular flexibility index (Phi) is 4.72. The Morgan fingerprint density at radius 1 is 1.00 bits per heavy atom. The number of benzene rings is 2. The fourth-order valence-electron chi connectivity index (χ4n) is 5.96. The van der Waals surface area contributed by atoms with E-state index >= 15 is 0 Å². The summed E-state index contributed by atoms with van der Waals surface area (Å²) in [5.74, 6) is 1.06. The molecule has 2 saturated heterocycles. The summed E-state index contributed by atoms with van der Waals surface area (Å²) in [4.78, 5) is 15.8. The van der Waals surface area contributed by atoms with Crippen molar-refractivity contribution >= 4 is 5.91 Å². The van der Waals surface area contributed by atoms with Crippen LogP contribution >= 0.6 is 0 Å². The lowest BCUT2D eigenvalue weighted by atomic mass is 9.64. The van der Waals surface area contributed by atoms with Gasteiger partial charge in [0.25, 0.3) is 0 Å². The number of rotatable bonds is 2. The maximum atomic E-state index is 13.6. The molecule has 2 aromatic carbocycles. The Labute approximate surface area is 168 Å². The van der Waals surface area contributed by atoms with Gasteiger partial charge in [-0.1, -0.05) is 54.6 Å². The van der Waals surface area contributed by atoms with Crippen molar-refractivity contribution in [2.24, 2.45) is 5.92 Å². The first-order valence-electron chi connectivity index (χ1n) is 10.9. The molecule has 1 aliphatic carbocycles. The second kappa shape index (κ2) is 7.36. The molecule has 0 unspecified atom stereocenters. The predicted molar refractivity (Wildman–Crippen MR) is 112 cm³/mol. The number of fused-ring (bicyclic) bond motifs is 2. The molecule has 5 rings (SSSR count). The smallest absolute Gasteiger partial charge is 0.227 e. The standard InChI is InChI=1S/C25H30N2O/c28-24(27-15-12-20(13-16-27)19-7-2-1-3-8-19)23-17-26-18-25(23)14-6-10-21-9-4-5-11-22(21)25/h1-5,7-9,11,20,23,26H,6,10,12-18H2/t23-,25-/m0/s1. The average Bonchev–Trinajstić information content (AvgIpc) is 3.18. The van der Waals surface area contributed by atoms with E-state index in [1.807, 2.05) is 0 Å². The van der Waals surface area contributed by atoms with E-state index in [0.29, 0.717) is 11.8 Å². The van der Waals surface area contributed by atoms with E-state index in [1.54, 1.807) is 0 Å². The first-order chi connectivity index (χ1) is 13.8. The van der Waals surface area contributed by atoms with Crippen LogP contribution in [0.25, 0.3) is 0 Å². The van der Waals surface area contributed by atoms with Gasteiger partial charge in [-0.2, -0.15) is 0 Å². The van der Waals surface area contributed by atoms with Gasteiger partial charge < -0.3 is 10.2 Å². The van der Waals surface area contributed by atoms with Crippen LogP contribution in [0.1, 0.15) is 48.3 Å². The van der Waals surface area contributed by atoms with Gasteiger partial charge in [0.05, 0.1) is 5.92 Å². The molecule has 146 valence electrons. The Balaban J connectivity index is 1.34. The molecule has 0 aromatic heterocycles. The average molecular weight is 375 g/mol. The first-order valence-corrected chi connectivity index (χ1v) is 10.9. The van der Waals surface area contributed by atoms with Gasteiger partial charge in [-0.3, -0.25) is 4.79 Å². The number of aryl methyl sites for hydroxylation is 1. The summed E-state index contributed by atoms with van der Waals surface area (Å²) in [6.45, 7) is 3.56. The number of carbonyl (C=O) groups excluding carboxylic acids is 1. The zero-order chi connectivity index (χ0) is 19.0. The minimum absolute atomic E-state index is 0.00219. The van der Waals surface area contributed by atoms with E-state index in [4.69, 9.17) is 0 Å². The molecule has 0 radical (unpaired) electrons. The summed E-state index contributed by atoms with van der Waals surface area (Å²) in [5.41, 5.74) is 4.32. The number of amides is 1. The summed E-state index contributed by atoms with van der Waals surface area (Å²) >= 11 is 0. The summed E-state index contributed by atoms with van der Waals surface area (Å²) in [6.07, 6.45) is 5.65. The van der Waals surface area contributed by atoms with Crippen molar-refractivity contribution in [3.63, 3.8) is 0 Å². The molecular formula is C25H30N2O. The van der Waals surface area contributed by atoms with Crippen molar-refractivity contribution in [2.75, 3.05) is 26.2 Å². The molecule has 28 heavy (non-hydrogen) atoms. The molecule has 2 atom stereocenters. The Morgan fingerprint density at radius 2 is 1.75 bits per heavy atom. The molecule has 0 bridgehead atoms. The van der Waals surface area contributed by atoms with Gasteiger partial charge in [0.15, 0.2) is 0 Å². The van der Waals surface area contributed by atoms with E-state index in [0.717, 1.165) is 51.9 Å². The molecular weight excluding hydrogens is 344 g/mol. The van der Waals surface area contributed by atoms with Crippen molar-refractivity contribution in [1.29, 1.82) is 0 Å². The lowest BCUT2D eigenvalue weighted by Gasteiger charge is -2.42. The first kappa shape index (κ1) is 17.9. The molecule has 0 saturated carbocycles. The fourth-order valence-corrected chi connectivity index (χ4v) is 5.96. The van der Waals surface area contributed by atoms with Crippen LogP contribution in [-0.2, 0) is 16.6 Å². The largest absolute Gasteiger partial charge is 0.342 e. The zero-order valence-electron chi connectivity index (χ0n) is 16.6. The Morgan fingerprint density at radius 3 is 2.57 bits per heavy atom. The predicted octanol–water partition coefficient (Wildman–Crippen LogP) is 3.89. The maximum absolute atomic E-state index is 13.6. The Bertz CT molecular complexity index is 841. The second-order valence-corrected chi connectivity index (χ2v) is 8.86. The van der Waals surface area contributed by atoms with Crippen LogP contribution < -0.4 is 5.32 Å². The van der Waals surface area contributed by atoms with Gasteiger partial charge in [-0.05, 0) is 54.7 Å². The van der Waals surface area contributed by atoms with E-state index in [1.165, 1.54) is 23.1 Å². The highest BCUT2D eigenvalue weighted by Gasteiger charge is 2.50. The molecule has 2 fully saturated rings. The van der Waals surface area contributed by atoms with Gasteiger partial charge in [0.2, 0.25) is 5.91 Å². The molecule has 3 aliphatic rings. The van der Waals surface area contributed by atoms with E-state index in [-0.39, 0.29) is 11.3 Å². The minimum Gasteiger partial charge on any atom is -0.342 e.